The maximum atomic E-state index is 4.42. The van der Waals surface area contributed by atoms with E-state index in [0.717, 1.165) is 11.4 Å². The first-order valence-corrected chi connectivity index (χ1v) is 6.09. The van der Waals surface area contributed by atoms with Crippen molar-refractivity contribution >= 4 is 0 Å². The first-order valence-electron chi connectivity index (χ1n) is 6.09. The van der Waals surface area contributed by atoms with Crippen molar-refractivity contribution in [3.63, 3.8) is 0 Å². The Hall–Kier alpha value is -0.666. The maximum absolute atomic E-state index is 4.42. The van der Waals surface area contributed by atoms with Crippen LogP contribution >= 0.6 is 0 Å². The third-order valence-electron chi connectivity index (χ3n) is 3.86. The van der Waals surface area contributed by atoms with E-state index in [1.54, 1.807) is 0 Å². The molecule has 0 bridgehead atoms. The van der Waals surface area contributed by atoms with Crippen molar-refractivity contribution in [2.24, 2.45) is 0 Å². The summed E-state index contributed by atoms with van der Waals surface area (Å²) in [5.74, 6) is 1.43. The molecular weight excluding hydrogens is 311 g/mol. The van der Waals surface area contributed by atoms with E-state index in [-0.39, 0.29) is 32.7 Å². The minimum atomic E-state index is 0. The van der Waals surface area contributed by atoms with Gasteiger partial charge in [0.05, 0.1) is 0 Å². The number of rotatable bonds is 1. The average molecular weight is 329 g/mol. The van der Waals surface area contributed by atoms with Gasteiger partial charge in [-0.15, -0.1) is 0 Å². The molecule has 0 aliphatic carbocycles. The zero-order valence-corrected chi connectivity index (χ0v) is 15.3. The van der Waals surface area contributed by atoms with Crippen LogP contribution in [0.4, 0.5) is 0 Å². The average Bonchev–Trinajstić information content (AvgIpc) is 2.34. The van der Waals surface area contributed by atoms with Crippen LogP contribution in [-0.4, -0.2) is 15.0 Å². The van der Waals surface area contributed by atoms with Gasteiger partial charge in [-0.3, -0.25) is 0 Å². The molecule has 0 N–H and O–H groups in total. The van der Waals surface area contributed by atoms with Gasteiger partial charge >= 0.3 is 0 Å². The number of aromatic nitrogens is 3. The van der Waals surface area contributed by atoms with Gasteiger partial charge in [-0.2, -0.15) is 0 Å². The second-order valence-electron chi connectivity index (χ2n) is 4.81. The zero-order valence-electron chi connectivity index (χ0n) is 12.4. The van der Waals surface area contributed by atoms with E-state index in [4.69, 9.17) is 0 Å². The Kier molecular flexibility index (Phi) is 5.34. The van der Waals surface area contributed by atoms with Crippen LogP contribution < -0.4 is 0 Å². The molecule has 19 heavy (non-hydrogen) atoms. The molecule has 0 aliphatic heterocycles. The number of benzene rings is 1. The molecule has 1 aromatic carbocycles. The van der Waals surface area contributed by atoms with Crippen LogP contribution in [0.2, 0.25) is 0 Å². The van der Waals surface area contributed by atoms with Crippen LogP contribution in [0.3, 0.4) is 0 Å². The molecular formula is C15H18N3Y-. The van der Waals surface area contributed by atoms with Crippen molar-refractivity contribution in [3.05, 3.63) is 40.0 Å². The fourth-order valence-corrected chi connectivity index (χ4v) is 2.30. The monoisotopic (exact) mass is 329 g/mol. The van der Waals surface area contributed by atoms with Gasteiger partial charge in [0.1, 0.15) is 0 Å². The van der Waals surface area contributed by atoms with Crippen LogP contribution in [0.15, 0.2) is 0 Å². The molecule has 0 atom stereocenters. The molecule has 0 unspecified atom stereocenters. The van der Waals surface area contributed by atoms with Gasteiger partial charge in [-0.25, -0.2) is 0 Å². The summed E-state index contributed by atoms with van der Waals surface area (Å²) in [5.41, 5.74) is 7.59. The quantitative estimate of drug-likeness (QED) is 0.754. The molecule has 2 aromatic rings. The second kappa shape index (κ2) is 6.19. The van der Waals surface area contributed by atoms with Gasteiger partial charge in [0.2, 0.25) is 0 Å². The SMILES string of the molecule is Cc1n[c-]nc(-c2c(C)c(C)c(C)c(C)c2C)n1.[Y]. The minimum Gasteiger partial charge on any atom is -0.353 e. The van der Waals surface area contributed by atoms with Crippen LogP contribution in [0.1, 0.15) is 33.6 Å². The zero-order chi connectivity index (χ0) is 13.4. The van der Waals surface area contributed by atoms with Crippen molar-refractivity contribution in [3.8, 4) is 11.4 Å². The van der Waals surface area contributed by atoms with Gasteiger partial charge in [0, 0.05) is 50.7 Å². The van der Waals surface area contributed by atoms with Crippen LogP contribution in [-0.2, 0) is 32.7 Å². The summed E-state index contributed by atoms with van der Waals surface area (Å²) in [7, 11) is 0. The summed E-state index contributed by atoms with van der Waals surface area (Å²) in [6.07, 6.45) is 2.67. The van der Waals surface area contributed by atoms with Crippen molar-refractivity contribution in [1.29, 1.82) is 0 Å². The number of hydrogen-bond donors (Lipinski definition) is 0. The Labute approximate surface area is 140 Å². The maximum Gasteiger partial charge on any atom is 0.0477 e. The molecule has 0 spiro atoms. The third-order valence-corrected chi connectivity index (χ3v) is 3.86. The summed E-state index contributed by atoms with van der Waals surface area (Å²) in [5, 5.41) is 0. The predicted octanol–water partition coefficient (Wildman–Crippen LogP) is 3.19. The Morgan fingerprint density at radius 3 is 1.63 bits per heavy atom. The predicted molar refractivity (Wildman–Crippen MR) is 72.5 cm³/mol. The normalized spacial score (nSPS) is 10.2. The van der Waals surface area contributed by atoms with E-state index >= 15 is 0 Å². The number of aryl methyl sites for hydroxylation is 1. The van der Waals surface area contributed by atoms with E-state index < -0.39 is 0 Å². The Bertz CT molecular complexity index is 592. The Morgan fingerprint density at radius 2 is 1.16 bits per heavy atom. The Morgan fingerprint density at radius 1 is 0.684 bits per heavy atom. The molecule has 0 amide bonds. The molecule has 0 saturated carbocycles. The summed E-state index contributed by atoms with van der Waals surface area (Å²) < 4.78 is 0. The number of nitrogens with zero attached hydrogens (tertiary/aromatic N) is 3. The second-order valence-corrected chi connectivity index (χ2v) is 4.81. The molecule has 0 saturated heterocycles. The van der Waals surface area contributed by atoms with Crippen LogP contribution in [0.5, 0.6) is 0 Å². The van der Waals surface area contributed by atoms with Gasteiger partial charge in [0.15, 0.2) is 0 Å². The molecule has 0 fully saturated rings. The largest absolute Gasteiger partial charge is 0.353 e. The molecule has 1 radical (unpaired) electrons. The van der Waals surface area contributed by atoms with Crippen molar-refractivity contribution in [1.82, 2.24) is 15.0 Å². The first-order chi connectivity index (χ1) is 8.43. The Balaban J connectivity index is 0.00000180. The fourth-order valence-electron chi connectivity index (χ4n) is 2.30. The molecule has 4 heteroatoms. The summed E-state index contributed by atoms with van der Waals surface area (Å²) >= 11 is 0. The number of hydrogen-bond acceptors (Lipinski definition) is 3. The molecule has 97 valence electrons. The van der Waals surface area contributed by atoms with Crippen molar-refractivity contribution < 1.29 is 32.7 Å². The summed E-state index contributed by atoms with van der Waals surface area (Å²) in [6, 6.07) is 0. The summed E-state index contributed by atoms with van der Waals surface area (Å²) in [6.45, 7) is 12.6. The molecule has 0 aliphatic rings. The molecule has 2 rings (SSSR count). The van der Waals surface area contributed by atoms with E-state index in [0.29, 0.717) is 5.82 Å². The van der Waals surface area contributed by atoms with Gasteiger partial charge < -0.3 is 15.0 Å². The molecule has 1 heterocycles. The minimum absolute atomic E-state index is 0. The summed E-state index contributed by atoms with van der Waals surface area (Å²) in [4.78, 5) is 12.6. The van der Waals surface area contributed by atoms with E-state index in [1.165, 1.54) is 27.8 Å². The van der Waals surface area contributed by atoms with Gasteiger partial charge in [0.25, 0.3) is 0 Å². The van der Waals surface area contributed by atoms with E-state index in [1.807, 2.05) is 6.92 Å². The van der Waals surface area contributed by atoms with Crippen molar-refractivity contribution in [2.45, 2.75) is 41.5 Å². The van der Waals surface area contributed by atoms with Gasteiger partial charge in [-0.05, 0) is 68.0 Å². The fraction of sp³-hybridized carbons (Fsp3) is 0.400. The van der Waals surface area contributed by atoms with E-state index in [9.17, 15) is 0 Å². The van der Waals surface area contributed by atoms with Crippen LogP contribution in [0.25, 0.3) is 11.4 Å². The molecule has 3 nitrogen and oxygen atoms in total. The van der Waals surface area contributed by atoms with Crippen LogP contribution in [0, 0.1) is 47.9 Å². The van der Waals surface area contributed by atoms with Crippen molar-refractivity contribution in [2.75, 3.05) is 0 Å². The van der Waals surface area contributed by atoms with E-state index in [2.05, 4.69) is 55.9 Å². The third kappa shape index (κ3) is 2.92. The van der Waals surface area contributed by atoms with Gasteiger partial charge in [-0.1, -0.05) is 6.92 Å². The molecule has 1 aromatic heterocycles. The first kappa shape index (κ1) is 16.4. The topological polar surface area (TPSA) is 38.7 Å². The standard InChI is InChI=1S/C15H18N3.Y/c1-8-9(2)11(4)14(12(5)10(8)3)15-17-7-16-13(6)18-15;/h1-6H3;/q-1;. The smallest absolute Gasteiger partial charge is 0.0477 e.